The number of rotatable bonds is 5. The van der Waals surface area contributed by atoms with Gasteiger partial charge in [-0.15, -0.1) is 0 Å². The third kappa shape index (κ3) is 4.60. The van der Waals surface area contributed by atoms with Gasteiger partial charge in [-0.3, -0.25) is 4.79 Å². The molecule has 3 N–H and O–H groups in total. The van der Waals surface area contributed by atoms with Gasteiger partial charge in [0.1, 0.15) is 13.2 Å². The van der Waals surface area contributed by atoms with Crippen LogP contribution in [0.4, 0.5) is 0 Å². The lowest BCUT2D eigenvalue weighted by Gasteiger charge is -2.32. The van der Waals surface area contributed by atoms with Crippen LogP contribution in [0, 0.1) is 11.3 Å². The van der Waals surface area contributed by atoms with Gasteiger partial charge in [-0.05, 0) is 12.8 Å². The third-order valence-corrected chi connectivity index (χ3v) is 2.84. The van der Waals surface area contributed by atoms with Crippen molar-refractivity contribution in [1.82, 2.24) is 5.32 Å². The number of nitrogens with one attached hydrogen (secondary N) is 1. The first-order valence-corrected chi connectivity index (χ1v) is 5.67. The van der Waals surface area contributed by atoms with Crippen molar-refractivity contribution in [2.24, 2.45) is 5.73 Å². The summed E-state index contributed by atoms with van der Waals surface area (Å²) < 4.78 is 5.29. The molecule has 1 rings (SSSR count). The predicted octanol–water partition coefficient (Wildman–Crippen LogP) is 0.304. The molecule has 0 aliphatic heterocycles. The molecule has 0 unspecified atom stereocenters. The van der Waals surface area contributed by atoms with E-state index in [1.807, 2.05) is 6.07 Å². The van der Waals surface area contributed by atoms with E-state index in [1.165, 1.54) is 6.42 Å². The number of ether oxygens (including phenoxy) is 1. The molecule has 1 fully saturated rings. The molecule has 0 aromatic rings. The Morgan fingerprint density at radius 3 is 2.75 bits per heavy atom. The zero-order valence-electron chi connectivity index (χ0n) is 9.50. The van der Waals surface area contributed by atoms with Gasteiger partial charge in [-0.25, -0.2) is 0 Å². The third-order valence-electron chi connectivity index (χ3n) is 2.84. The normalized spacial score (nSPS) is 18.8. The lowest BCUT2D eigenvalue weighted by atomic mass is 9.83. The monoisotopic (exact) mass is 225 g/mol. The molecule has 5 heteroatoms. The van der Waals surface area contributed by atoms with Crippen molar-refractivity contribution in [3.05, 3.63) is 0 Å². The minimum atomic E-state index is -0.263. The maximum absolute atomic E-state index is 11.1. The van der Waals surface area contributed by atoms with Gasteiger partial charge in [-0.2, -0.15) is 5.26 Å². The van der Waals surface area contributed by atoms with Gasteiger partial charge in [0, 0.05) is 5.54 Å². The molecule has 0 aromatic carbocycles. The molecule has 1 aliphatic carbocycles. The standard InChI is InChI=1S/C11H19N3O2/c12-6-7-14-10(15)8-16-9-11(13)4-2-1-3-5-11/h1-5,7-9,13H2,(H,14,15). The van der Waals surface area contributed by atoms with E-state index in [1.54, 1.807) is 0 Å². The Morgan fingerprint density at radius 2 is 2.12 bits per heavy atom. The SMILES string of the molecule is N#CCNC(=O)COCC1(N)CCCCC1. The van der Waals surface area contributed by atoms with E-state index in [4.69, 9.17) is 15.7 Å². The molecule has 16 heavy (non-hydrogen) atoms. The molecular formula is C11H19N3O2. The molecule has 90 valence electrons. The summed E-state index contributed by atoms with van der Waals surface area (Å²) in [5, 5.41) is 10.7. The van der Waals surface area contributed by atoms with Crippen LogP contribution in [-0.4, -0.2) is 31.2 Å². The highest BCUT2D eigenvalue weighted by molar-refractivity contribution is 5.77. The molecule has 1 saturated carbocycles. The highest BCUT2D eigenvalue weighted by Gasteiger charge is 2.27. The van der Waals surface area contributed by atoms with Crippen LogP contribution in [0.15, 0.2) is 0 Å². The summed E-state index contributed by atoms with van der Waals surface area (Å²) in [5.41, 5.74) is 5.88. The summed E-state index contributed by atoms with van der Waals surface area (Å²) in [6.45, 7) is 0.434. The van der Waals surface area contributed by atoms with Crippen molar-refractivity contribution in [1.29, 1.82) is 5.26 Å². The Labute approximate surface area is 95.9 Å². The molecule has 0 saturated heterocycles. The van der Waals surface area contributed by atoms with Crippen molar-refractivity contribution in [2.45, 2.75) is 37.6 Å². The minimum absolute atomic E-state index is 0.0133. The number of carbonyl (C=O) groups excluding carboxylic acids is 1. The van der Waals surface area contributed by atoms with E-state index in [9.17, 15) is 4.79 Å². The van der Waals surface area contributed by atoms with E-state index in [-0.39, 0.29) is 24.6 Å². The van der Waals surface area contributed by atoms with Crippen molar-refractivity contribution in [3.63, 3.8) is 0 Å². The van der Waals surface area contributed by atoms with Crippen LogP contribution in [0.1, 0.15) is 32.1 Å². The van der Waals surface area contributed by atoms with E-state index < -0.39 is 0 Å². The van der Waals surface area contributed by atoms with Crippen molar-refractivity contribution in [3.8, 4) is 6.07 Å². The van der Waals surface area contributed by atoms with Crippen LogP contribution < -0.4 is 11.1 Å². The molecule has 0 spiro atoms. The van der Waals surface area contributed by atoms with Gasteiger partial charge < -0.3 is 15.8 Å². The number of nitriles is 1. The summed E-state index contributed by atoms with van der Waals surface area (Å²) >= 11 is 0. The highest BCUT2D eigenvalue weighted by atomic mass is 16.5. The lowest BCUT2D eigenvalue weighted by molar-refractivity contribution is -0.126. The summed E-state index contributed by atoms with van der Waals surface area (Å²) in [7, 11) is 0. The van der Waals surface area contributed by atoms with Gasteiger partial charge in [0.25, 0.3) is 0 Å². The van der Waals surface area contributed by atoms with Gasteiger partial charge >= 0.3 is 0 Å². The van der Waals surface area contributed by atoms with Crippen LogP contribution in [0.5, 0.6) is 0 Å². The van der Waals surface area contributed by atoms with Crippen LogP contribution in [0.25, 0.3) is 0 Å². The largest absolute Gasteiger partial charge is 0.370 e. The van der Waals surface area contributed by atoms with Crippen LogP contribution in [-0.2, 0) is 9.53 Å². The van der Waals surface area contributed by atoms with E-state index >= 15 is 0 Å². The first kappa shape index (κ1) is 12.9. The molecular weight excluding hydrogens is 206 g/mol. The summed E-state index contributed by atoms with van der Waals surface area (Å²) in [5.74, 6) is -0.263. The summed E-state index contributed by atoms with van der Waals surface area (Å²) in [4.78, 5) is 11.1. The van der Waals surface area contributed by atoms with E-state index in [0.717, 1.165) is 25.7 Å². The molecule has 0 heterocycles. The van der Waals surface area contributed by atoms with Gasteiger partial charge in [0.2, 0.25) is 5.91 Å². The molecule has 0 aromatic heterocycles. The fraction of sp³-hybridized carbons (Fsp3) is 0.818. The van der Waals surface area contributed by atoms with Gasteiger partial charge in [0.05, 0.1) is 12.7 Å². The number of hydrogen-bond acceptors (Lipinski definition) is 4. The predicted molar refractivity (Wildman–Crippen MR) is 59.4 cm³/mol. The highest BCUT2D eigenvalue weighted by Crippen LogP contribution is 2.25. The Hall–Kier alpha value is -1.12. The van der Waals surface area contributed by atoms with Crippen LogP contribution >= 0.6 is 0 Å². The lowest BCUT2D eigenvalue weighted by Crippen LogP contribution is -2.46. The summed E-state index contributed by atoms with van der Waals surface area (Å²) in [6, 6.07) is 1.83. The fourth-order valence-corrected chi connectivity index (χ4v) is 1.94. The van der Waals surface area contributed by atoms with E-state index in [2.05, 4.69) is 5.32 Å². The topological polar surface area (TPSA) is 88.1 Å². The maximum atomic E-state index is 11.1. The number of amides is 1. The fourth-order valence-electron chi connectivity index (χ4n) is 1.94. The van der Waals surface area contributed by atoms with E-state index in [0.29, 0.717) is 6.61 Å². The van der Waals surface area contributed by atoms with Crippen LogP contribution in [0.3, 0.4) is 0 Å². The van der Waals surface area contributed by atoms with Gasteiger partial charge in [-0.1, -0.05) is 19.3 Å². The number of nitrogens with two attached hydrogens (primary N) is 1. The number of nitrogens with zero attached hydrogens (tertiary/aromatic N) is 1. The second-order valence-corrected chi connectivity index (χ2v) is 4.35. The molecule has 0 atom stereocenters. The second kappa shape index (κ2) is 6.46. The zero-order chi connectivity index (χ0) is 11.9. The first-order valence-electron chi connectivity index (χ1n) is 5.67. The Balaban J connectivity index is 2.14. The molecule has 5 nitrogen and oxygen atoms in total. The van der Waals surface area contributed by atoms with Crippen molar-refractivity contribution >= 4 is 5.91 Å². The molecule has 0 radical (unpaired) electrons. The van der Waals surface area contributed by atoms with Gasteiger partial charge in [0.15, 0.2) is 0 Å². The molecule has 1 amide bonds. The first-order chi connectivity index (χ1) is 7.66. The maximum Gasteiger partial charge on any atom is 0.246 e. The Bertz CT molecular complexity index is 267. The average molecular weight is 225 g/mol. The summed E-state index contributed by atoms with van der Waals surface area (Å²) in [6.07, 6.45) is 5.45. The second-order valence-electron chi connectivity index (χ2n) is 4.35. The van der Waals surface area contributed by atoms with Crippen molar-refractivity contribution in [2.75, 3.05) is 19.8 Å². The molecule has 0 bridgehead atoms. The van der Waals surface area contributed by atoms with Crippen LogP contribution in [0.2, 0.25) is 0 Å². The number of hydrogen-bond donors (Lipinski definition) is 2. The smallest absolute Gasteiger partial charge is 0.246 e. The molecule has 1 aliphatic rings. The average Bonchev–Trinajstić information content (AvgIpc) is 2.27. The number of carbonyl (C=O) groups is 1. The Morgan fingerprint density at radius 1 is 1.44 bits per heavy atom. The minimum Gasteiger partial charge on any atom is -0.370 e. The Kier molecular flexibility index (Phi) is 5.23. The zero-order valence-corrected chi connectivity index (χ0v) is 9.50. The van der Waals surface area contributed by atoms with Crippen molar-refractivity contribution < 1.29 is 9.53 Å². The quantitative estimate of drug-likeness (QED) is 0.659.